The van der Waals surface area contributed by atoms with E-state index in [2.05, 4.69) is 5.32 Å². The molecule has 136 valence electrons. The van der Waals surface area contributed by atoms with Gasteiger partial charge in [0.1, 0.15) is 0 Å². The lowest BCUT2D eigenvalue weighted by molar-refractivity contribution is -0.120. The molecule has 2 fully saturated rings. The second-order valence-electron chi connectivity index (χ2n) is 7.00. The van der Waals surface area contributed by atoms with Gasteiger partial charge in [-0.05, 0) is 43.9 Å². The SMILES string of the molecule is Cc1c(NC(=O)C2CCCC(N)C2)cccc1C(=O)N1CCSCC1. The molecule has 1 aliphatic heterocycles. The number of nitrogens with one attached hydrogen (secondary N) is 1. The quantitative estimate of drug-likeness (QED) is 0.868. The molecular formula is C19H27N3O2S. The van der Waals surface area contributed by atoms with Crippen LogP contribution in [0, 0.1) is 12.8 Å². The van der Waals surface area contributed by atoms with Gasteiger partial charge in [-0.2, -0.15) is 11.8 Å². The number of benzene rings is 1. The van der Waals surface area contributed by atoms with Crippen molar-refractivity contribution in [1.82, 2.24) is 4.90 Å². The van der Waals surface area contributed by atoms with Crippen molar-refractivity contribution in [2.75, 3.05) is 29.9 Å². The highest BCUT2D eigenvalue weighted by Gasteiger charge is 2.26. The van der Waals surface area contributed by atoms with Gasteiger partial charge >= 0.3 is 0 Å². The molecule has 0 bridgehead atoms. The van der Waals surface area contributed by atoms with Gasteiger partial charge in [-0.25, -0.2) is 0 Å². The summed E-state index contributed by atoms with van der Waals surface area (Å²) in [5, 5.41) is 3.03. The first-order valence-electron chi connectivity index (χ1n) is 9.09. The number of nitrogens with two attached hydrogens (primary N) is 1. The van der Waals surface area contributed by atoms with Gasteiger partial charge in [0.05, 0.1) is 0 Å². The molecule has 5 nitrogen and oxygen atoms in total. The number of rotatable bonds is 3. The first kappa shape index (κ1) is 18.3. The second kappa shape index (κ2) is 8.23. The zero-order valence-electron chi connectivity index (χ0n) is 14.8. The number of thioether (sulfide) groups is 1. The monoisotopic (exact) mass is 361 g/mol. The van der Waals surface area contributed by atoms with E-state index in [4.69, 9.17) is 5.73 Å². The van der Waals surface area contributed by atoms with Crippen molar-refractivity contribution in [3.05, 3.63) is 29.3 Å². The molecule has 1 heterocycles. The average Bonchev–Trinajstić information content (AvgIpc) is 2.63. The molecule has 1 aliphatic carbocycles. The van der Waals surface area contributed by atoms with Crippen molar-refractivity contribution in [2.24, 2.45) is 11.7 Å². The molecule has 6 heteroatoms. The Bertz CT molecular complexity index is 644. The van der Waals surface area contributed by atoms with E-state index in [0.29, 0.717) is 5.56 Å². The van der Waals surface area contributed by atoms with Crippen LogP contribution in [0.4, 0.5) is 5.69 Å². The summed E-state index contributed by atoms with van der Waals surface area (Å²) < 4.78 is 0. The molecule has 2 aliphatic rings. The maximum atomic E-state index is 12.8. The molecule has 2 unspecified atom stereocenters. The smallest absolute Gasteiger partial charge is 0.254 e. The highest BCUT2D eigenvalue weighted by Crippen LogP contribution is 2.27. The maximum Gasteiger partial charge on any atom is 0.254 e. The molecule has 3 rings (SSSR count). The van der Waals surface area contributed by atoms with Crippen LogP contribution in [0.25, 0.3) is 0 Å². The fraction of sp³-hybridized carbons (Fsp3) is 0.579. The number of anilines is 1. The van der Waals surface area contributed by atoms with Gasteiger partial charge in [0, 0.05) is 47.8 Å². The number of hydrogen-bond acceptors (Lipinski definition) is 4. The standard InChI is InChI=1S/C19H27N3O2S/c1-13-16(19(24)22-8-10-25-11-9-22)6-3-7-17(13)21-18(23)14-4-2-5-15(20)12-14/h3,6-7,14-15H,2,4-5,8-12,20H2,1H3,(H,21,23). The van der Waals surface area contributed by atoms with Crippen molar-refractivity contribution in [1.29, 1.82) is 0 Å². The number of nitrogens with zero attached hydrogens (tertiary/aromatic N) is 1. The molecule has 0 aromatic heterocycles. The Morgan fingerprint density at radius 3 is 2.72 bits per heavy atom. The second-order valence-corrected chi connectivity index (χ2v) is 8.22. The van der Waals surface area contributed by atoms with E-state index in [0.717, 1.165) is 61.5 Å². The molecule has 1 saturated heterocycles. The predicted molar refractivity (Wildman–Crippen MR) is 103 cm³/mol. The molecule has 1 saturated carbocycles. The van der Waals surface area contributed by atoms with Crippen molar-refractivity contribution in [2.45, 2.75) is 38.6 Å². The molecule has 0 spiro atoms. The summed E-state index contributed by atoms with van der Waals surface area (Å²) in [6, 6.07) is 5.70. The zero-order chi connectivity index (χ0) is 17.8. The van der Waals surface area contributed by atoms with Crippen LogP contribution in [0.5, 0.6) is 0 Å². The first-order chi connectivity index (χ1) is 12.1. The molecule has 1 aromatic rings. The minimum Gasteiger partial charge on any atom is -0.337 e. The predicted octanol–water partition coefficient (Wildman–Crippen LogP) is 2.64. The topological polar surface area (TPSA) is 75.4 Å². The molecule has 2 amide bonds. The zero-order valence-corrected chi connectivity index (χ0v) is 15.6. The van der Waals surface area contributed by atoms with E-state index in [9.17, 15) is 9.59 Å². The summed E-state index contributed by atoms with van der Waals surface area (Å²) in [6.45, 7) is 3.49. The van der Waals surface area contributed by atoms with E-state index in [1.807, 2.05) is 41.8 Å². The Hall–Kier alpha value is -1.53. The number of carbonyl (C=O) groups is 2. The van der Waals surface area contributed by atoms with Gasteiger partial charge in [-0.3, -0.25) is 9.59 Å². The molecule has 0 radical (unpaired) electrons. The van der Waals surface area contributed by atoms with Crippen LogP contribution in [0.3, 0.4) is 0 Å². The van der Waals surface area contributed by atoms with E-state index in [-0.39, 0.29) is 23.8 Å². The van der Waals surface area contributed by atoms with Gasteiger partial charge in [0.2, 0.25) is 5.91 Å². The largest absolute Gasteiger partial charge is 0.337 e. The fourth-order valence-corrected chi connectivity index (χ4v) is 4.54. The van der Waals surface area contributed by atoms with E-state index >= 15 is 0 Å². The van der Waals surface area contributed by atoms with Crippen LogP contribution < -0.4 is 11.1 Å². The maximum absolute atomic E-state index is 12.8. The van der Waals surface area contributed by atoms with Gasteiger partial charge in [-0.1, -0.05) is 12.5 Å². The number of hydrogen-bond donors (Lipinski definition) is 2. The summed E-state index contributed by atoms with van der Waals surface area (Å²) >= 11 is 1.88. The van der Waals surface area contributed by atoms with Crippen molar-refractivity contribution in [3.8, 4) is 0 Å². The highest BCUT2D eigenvalue weighted by atomic mass is 32.2. The molecule has 3 N–H and O–H groups in total. The minimum absolute atomic E-state index is 0.0252. The number of carbonyl (C=O) groups excluding carboxylic acids is 2. The molecule has 25 heavy (non-hydrogen) atoms. The van der Waals surface area contributed by atoms with Crippen LogP contribution in [-0.4, -0.2) is 47.4 Å². The third kappa shape index (κ3) is 4.36. The van der Waals surface area contributed by atoms with E-state index in [1.165, 1.54) is 0 Å². The summed E-state index contributed by atoms with van der Waals surface area (Å²) in [5.74, 6) is 2.04. The Labute approximate surface area is 153 Å². The van der Waals surface area contributed by atoms with Gasteiger partial charge in [0.15, 0.2) is 0 Å². The number of amides is 2. The summed E-state index contributed by atoms with van der Waals surface area (Å²) in [4.78, 5) is 27.3. The lowest BCUT2D eigenvalue weighted by Gasteiger charge is -2.28. The highest BCUT2D eigenvalue weighted by molar-refractivity contribution is 7.99. The average molecular weight is 362 g/mol. The summed E-state index contributed by atoms with van der Waals surface area (Å²) in [5.41, 5.74) is 8.27. The van der Waals surface area contributed by atoms with Crippen LogP contribution in [0.2, 0.25) is 0 Å². The Morgan fingerprint density at radius 2 is 2.00 bits per heavy atom. The Balaban J connectivity index is 1.72. The lowest BCUT2D eigenvalue weighted by Crippen LogP contribution is -2.38. The summed E-state index contributed by atoms with van der Waals surface area (Å²) in [6.07, 6.45) is 3.64. The molecule has 2 atom stereocenters. The van der Waals surface area contributed by atoms with Crippen LogP contribution in [0.1, 0.15) is 41.6 Å². The van der Waals surface area contributed by atoms with Crippen LogP contribution in [0.15, 0.2) is 18.2 Å². The molecule has 1 aromatic carbocycles. The lowest BCUT2D eigenvalue weighted by atomic mass is 9.85. The fourth-order valence-electron chi connectivity index (χ4n) is 3.64. The third-order valence-corrected chi connectivity index (χ3v) is 6.15. The normalized spacial score (nSPS) is 24.0. The van der Waals surface area contributed by atoms with E-state index in [1.54, 1.807) is 0 Å². The Morgan fingerprint density at radius 1 is 1.24 bits per heavy atom. The summed E-state index contributed by atoms with van der Waals surface area (Å²) in [7, 11) is 0. The minimum atomic E-state index is -0.0263. The first-order valence-corrected chi connectivity index (χ1v) is 10.2. The third-order valence-electron chi connectivity index (χ3n) is 5.21. The van der Waals surface area contributed by atoms with Crippen molar-refractivity contribution >= 4 is 29.3 Å². The van der Waals surface area contributed by atoms with Crippen LogP contribution in [-0.2, 0) is 4.79 Å². The van der Waals surface area contributed by atoms with Gasteiger partial charge < -0.3 is 16.0 Å². The molecular weight excluding hydrogens is 334 g/mol. The Kier molecular flexibility index (Phi) is 6.02. The van der Waals surface area contributed by atoms with Crippen molar-refractivity contribution < 1.29 is 9.59 Å². The van der Waals surface area contributed by atoms with Crippen molar-refractivity contribution in [3.63, 3.8) is 0 Å². The van der Waals surface area contributed by atoms with Gasteiger partial charge in [-0.15, -0.1) is 0 Å². The van der Waals surface area contributed by atoms with E-state index < -0.39 is 0 Å². The van der Waals surface area contributed by atoms with Crippen LogP contribution >= 0.6 is 11.8 Å². The van der Waals surface area contributed by atoms with Gasteiger partial charge in [0.25, 0.3) is 5.91 Å².